The summed E-state index contributed by atoms with van der Waals surface area (Å²) < 4.78 is 12.5. The average Bonchev–Trinajstić information content (AvgIpc) is 2.72. The molecule has 0 aromatic rings. The lowest BCUT2D eigenvalue weighted by molar-refractivity contribution is -0.0561. The van der Waals surface area contributed by atoms with Gasteiger partial charge in [0.1, 0.15) is 6.79 Å². The molecule has 0 aliphatic carbocycles. The van der Waals surface area contributed by atoms with E-state index in [1.807, 2.05) is 0 Å². The van der Waals surface area contributed by atoms with Gasteiger partial charge in [0.2, 0.25) is 0 Å². The van der Waals surface area contributed by atoms with Crippen LogP contribution in [0.4, 0.5) is 0 Å². The first-order valence-electron chi connectivity index (χ1n) is 14.5. The normalized spacial score (nSPS) is 17.5. The van der Waals surface area contributed by atoms with Crippen LogP contribution in [-0.2, 0) is 9.47 Å². The van der Waals surface area contributed by atoms with Crippen LogP contribution >= 0.6 is 22.6 Å². The Morgan fingerprint density at radius 2 is 0.939 bits per heavy atom. The molecule has 0 rings (SSSR count). The van der Waals surface area contributed by atoms with Gasteiger partial charge in [0, 0.05) is 13.2 Å². The summed E-state index contributed by atoms with van der Waals surface area (Å²) in [6.45, 7) is 19.2. The van der Waals surface area contributed by atoms with Crippen LogP contribution in [0.5, 0.6) is 0 Å². The number of hydrogen-bond acceptors (Lipinski definition) is 2. The summed E-state index contributed by atoms with van der Waals surface area (Å²) in [5.41, 5.74) is 0. The summed E-state index contributed by atoms with van der Waals surface area (Å²) in [6, 6.07) is 0. The van der Waals surface area contributed by atoms with E-state index in [1.54, 1.807) is 0 Å². The number of alkyl halides is 1. The highest BCUT2D eigenvalue weighted by atomic mass is 127. The SMILES string of the molecule is CCCCCCOCOCCCC(C)CC(C)CC(C)CC(C)CC(C)CC(C)CCCI. The van der Waals surface area contributed by atoms with Crippen molar-refractivity contribution in [3.63, 3.8) is 0 Å². The molecule has 200 valence electrons. The smallest absolute Gasteiger partial charge is 0.146 e. The Bertz CT molecular complexity index is 403. The van der Waals surface area contributed by atoms with Crippen LogP contribution in [0.3, 0.4) is 0 Å². The molecule has 0 spiro atoms. The van der Waals surface area contributed by atoms with Crippen molar-refractivity contribution in [2.75, 3.05) is 24.4 Å². The second-order valence-electron chi connectivity index (χ2n) is 11.8. The molecule has 0 N–H and O–H groups in total. The van der Waals surface area contributed by atoms with E-state index in [0.29, 0.717) is 6.79 Å². The quantitative estimate of drug-likeness (QED) is 0.0489. The van der Waals surface area contributed by atoms with E-state index in [9.17, 15) is 0 Å². The number of ether oxygens (including phenoxy) is 2. The fraction of sp³-hybridized carbons (Fsp3) is 1.00. The maximum Gasteiger partial charge on any atom is 0.146 e. The molecule has 33 heavy (non-hydrogen) atoms. The molecule has 0 fully saturated rings. The first kappa shape index (κ1) is 33.7. The summed E-state index contributed by atoms with van der Waals surface area (Å²) in [5.74, 6) is 5.12. The van der Waals surface area contributed by atoms with Crippen LogP contribution in [0.2, 0.25) is 0 Å². The van der Waals surface area contributed by atoms with Gasteiger partial charge in [-0.2, -0.15) is 0 Å². The summed E-state index contributed by atoms with van der Waals surface area (Å²) in [7, 11) is 0. The summed E-state index contributed by atoms with van der Waals surface area (Å²) in [5, 5.41) is 0. The van der Waals surface area contributed by atoms with E-state index < -0.39 is 0 Å². The lowest BCUT2D eigenvalue weighted by Gasteiger charge is -2.25. The highest BCUT2D eigenvalue weighted by Crippen LogP contribution is 2.29. The molecule has 0 amide bonds. The predicted octanol–water partition coefficient (Wildman–Crippen LogP) is 10.3. The van der Waals surface area contributed by atoms with E-state index in [4.69, 9.17) is 9.47 Å². The second-order valence-corrected chi connectivity index (χ2v) is 12.9. The van der Waals surface area contributed by atoms with Crippen molar-refractivity contribution in [1.82, 2.24) is 0 Å². The predicted molar refractivity (Wildman–Crippen MR) is 156 cm³/mol. The van der Waals surface area contributed by atoms with Crippen molar-refractivity contribution >= 4 is 22.6 Å². The summed E-state index contributed by atoms with van der Waals surface area (Å²) in [4.78, 5) is 0. The molecule has 0 bridgehead atoms. The molecule has 0 aliphatic rings. The van der Waals surface area contributed by atoms with E-state index >= 15 is 0 Å². The fourth-order valence-electron chi connectivity index (χ4n) is 5.82. The van der Waals surface area contributed by atoms with Crippen LogP contribution < -0.4 is 0 Å². The van der Waals surface area contributed by atoms with Crippen LogP contribution in [0, 0.1) is 35.5 Å². The number of rotatable bonds is 24. The maximum absolute atomic E-state index is 5.66. The van der Waals surface area contributed by atoms with E-state index in [-0.39, 0.29) is 0 Å². The lowest BCUT2D eigenvalue weighted by atomic mass is 9.81. The third-order valence-electron chi connectivity index (χ3n) is 7.15. The van der Waals surface area contributed by atoms with Crippen molar-refractivity contribution in [2.45, 2.75) is 132 Å². The van der Waals surface area contributed by atoms with Gasteiger partial charge in [-0.1, -0.05) is 90.3 Å². The molecule has 3 heteroatoms. The summed E-state index contributed by atoms with van der Waals surface area (Å²) >= 11 is 2.51. The molecule has 0 heterocycles. The molecule has 2 nitrogen and oxygen atoms in total. The maximum atomic E-state index is 5.66. The second kappa shape index (κ2) is 23.1. The highest BCUT2D eigenvalue weighted by Gasteiger charge is 2.17. The first-order valence-corrected chi connectivity index (χ1v) is 16.0. The van der Waals surface area contributed by atoms with Gasteiger partial charge in [0.15, 0.2) is 0 Å². The van der Waals surface area contributed by atoms with Crippen molar-refractivity contribution in [2.24, 2.45) is 35.5 Å². The zero-order valence-electron chi connectivity index (χ0n) is 23.7. The topological polar surface area (TPSA) is 18.5 Å². The number of hydrogen-bond donors (Lipinski definition) is 0. The molecule has 0 radical (unpaired) electrons. The Hall–Kier alpha value is 0.650. The largest absolute Gasteiger partial charge is 0.355 e. The highest BCUT2D eigenvalue weighted by molar-refractivity contribution is 14.1. The van der Waals surface area contributed by atoms with Crippen molar-refractivity contribution in [3.8, 4) is 0 Å². The van der Waals surface area contributed by atoms with Gasteiger partial charge < -0.3 is 9.47 Å². The van der Waals surface area contributed by atoms with Crippen LogP contribution in [0.1, 0.15) is 132 Å². The van der Waals surface area contributed by atoms with E-state index in [2.05, 4.69) is 71.1 Å². The molecular formula is C30H61IO2. The summed E-state index contributed by atoms with van der Waals surface area (Å²) in [6.07, 6.45) is 17.2. The Morgan fingerprint density at radius 3 is 1.39 bits per heavy atom. The van der Waals surface area contributed by atoms with Gasteiger partial charge in [-0.05, 0) is 104 Å². The molecule has 0 saturated heterocycles. The molecule has 0 aromatic carbocycles. The zero-order chi connectivity index (χ0) is 24.9. The van der Waals surface area contributed by atoms with E-state index in [1.165, 1.54) is 81.5 Å². The Kier molecular flexibility index (Phi) is 23.5. The minimum atomic E-state index is 0.475. The lowest BCUT2D eigenvalue weighted by Crippen LogP contribution is -2.13. The van der Waals surface area contributed by atoms with Crippen LogP contribution in [0.25, 0.3) is 0 Å². The Labute approximate surface area is 223 Å². The molecule has 6 atom stereocenters. The zero-order valence-corrected chi connectivity index (χ0v) is 25.8. The monoisotopic (exact) mass is 580 g/mol. The number of unbranched alkanes of at least 4 members (excludes halogenated alkanes) is 3. The Morgan fingerprint density at radius 1 is 0.515 bits per heavy atom. The van der Waals surface area contributed by atoms with Crippen molar-refractivity contribution in [3.05, 3.63) is 0 Å². The van der Waals surface area contributed by atoms with Gasteiger partial charge >= 0.3 is 0 Å². The third-order valence-corrected chi connectivity index (χ3v) is 7.91. The molecule has 0 aromatic heterocycles. The van der Waals surface area contributed by atoms with Gasteiger partial charge in [0.25, 0.3) is 0 Å². The first-order chi connectivity index (χ1) is 15.8. The average molecular weight is 581 g/mol. The minimum Gasteiger partial charge on any atom is -0.355 e. The minimum absolute atomic E-state index is 0.475. The molecular weight excluding hydrogens is 519 g/mol. The number of halogens is 1. The molecule has 0 aliphatic heterocycles. The fourth-order valence-corrected chi connectivity index (χ4v) is 6.26. The third kappa shape index (κ3) is 22.8. The van der Waals surface area contributed by atoms with Gasteiger partial charge in [-0.15, -0.1) is 0 Å². The van der Waals surface area contributed by atoms with Crippen molar-refractivity contribution in [1.29, 1.82) is 0 Å². The van der Waals surface area contributed by atoms with Crippen molar-refractivity contribution < 1.29 is 9.47 Å². The van der Waals surface area contributed by atoms with Crippen LogP contribution in [0.15, 0.2) is 0 Å². The Balaban J connectivity index is 3.79. The van der Waals surface area contributed by atoms with E-state index in [0.717, 1.165) is 55.1 Å². The standard InChI is InChI=1S/C30H61IO2/c1-8-9-10-11-17-32-24-33-18-13-15-26(3)20-28(5)22-30(7)23-29(6)21-27(4)19-25(2)14-12-16-31/h25-30H,8-24H2,1-7H3. The van der Waals surface area contributed by atoms with Gasteiger partial charge in [0.05, 0.1) is 0 Å². The molecule has 0 saturated carbocycles. The van der Waals surface area contributed by atoms with Gasteiger partial charge in [-0.3, -0.25) is 0 Å². The van der Waals surface area contributed by atoms with Gasteiger partial charge in [-0.25, -0.2) is 0 Å². The van der Waals surface area contributed by atoms with Crippen LogP contribution in [-0.4, -0.2) is 24.4 Å². The molecule has 6 unspecified atom stereocenters.